The van der Waals surface area contributed by atoms with Crippen molar-refractivity contribution in [3.63, 3.8) is 0 Å². The lowest BCUT2D eigenvalue weighted by atomic mass is 10.0. The maximum Gasteiger partial charge on any atom is 0.262 e. The first-order valence-electron chi connectivity index (χ1n) is 7.44. The highest BCUT2D eigenvalue weighted by Crippen LogP contribution is 2.25. The molecule has 3 N–H and O–H groups in total. The van der Waals surface area contributed by atoms with Crippen LogP contribution in [0.1, 0.15) is 30.5 Å². The van der Waals surface area contributed by atoms with Crippen molar-refractivity contribution in [2.45, 2.75) is 26.3 Å². The van der Waals surface area contributed by atoms with E-state index < -0.39 is 0 Å². The van der Waals surface area contributed by atoms with Gasteiger partial charge in [-0.25, -0.2) is 0 Å². The van der Waals surface area contributed by atoms with Gasteiger partial charge in [0, 0.05) is 17.3 Å². The van der Waals surface area contributed by atoms with Crippen LogP contribution in [0.25, 0.3) is 0 Å². The van der Waals surface area contributed by atoms with Crippen molar-refractivity contribution in [3.05, 3.63) is 59.7 Å². The summed E-state index contributed by atoms with van der Waals surface area (Å²) in [6.07, 6.45) is 0.815. The van der Waals surface area contributed by atoms with E-state index in [2.05, 4.69) is 5.32 Å². The van der Waals surface area contributed by atoms with Gasteiger partial charge in [0.2, 0.25) is 0 Å². The smallest absolute Gasteiger partial charge is 0.262 e. The van der Waals surface area contributed by atoms with Gasteiger partial charge in [0.05, 0.1) is 0 Å². The average Bonchev–Trinajstić information content (AvgIpc) is 2.54. The predicted molar refractivity (Wildman–Crippen MR) is 89.0 cm³/mol. The van der Waals surface area contributed by atoms with E-state index in [9.17, 15) is 4.79 Å². The van der Waals surface area contributed by atoms with E-state index in [1.165, 1.54) is 0 Å². The second-order valence-corrected chi connectivity index (χ2v) is 5.26. The standard InChI is InChI=1S/C18H22N2O2/c1-3-16(19)15-6-4-5-7-17(15)22-12-18(21)20-14-10-8-13(2)9-11-14/h4-11,16H,3,12,19H2,1-2H3,(H,20,21). The van der Waals surface area contributed by atoms with Gasteiger partial charge in [-0.3, -0.25) is 4.79 Å². The zero-order valence-corrected chi connectivity index (χ0v) is 13.0. The Labute approximate surface area is 131 Å². The van der Waals surface area contributed by atoms with Gasteiger partial charge in [-0.05, 0) is 31.5 Å². The Morgan fingerprint density at radius 2 is 1.86 bits per heavy atom. The number of aryl methyl sites for hydroxylation is 1. The Morgan fingerprint density at radius 3 is 2.55 bits per heavy atom. The van der Waals surface area contributed by atoms with Gasteiger partial charge < -0.3 is 15.8 Å². The fourth-order valence-corrected chi connectivity index (χ4v) is 2.12. The molecule has 0 spiro atoms. The molecule has 0 bridgehead atoms. The van der Waals surface area contributed by atoms with Gasteiger partial charge in [0.1, 0.15) is 5.75 Å². The summed E-state index contributed by atoms with van der Waals surface area (Å²) in [6.45, 7) is 3.98. The Morgan fingerprint density at radius 1 is 1.18 bits per heavy atom. The number of hydrogen-bond donors (Lipinski definition) is 2. The lowest BCUT2D eigenvalue weighted by molar-refractivity contribution is -0.118. The molecule has 0 saturated carbocycles. The number of para-hydroxylation sites is 1. The molecule has 1 amide bonds. The third kappa shape index (κ3) is 4.33. The summed E-state index contributed by atoms with van der Waals surface area (Å²) in [5.41, 5.74) is 8.89. The van der Waals surface area contributed by atoms with E-state index in [1.54, 1.807) is 0 Å². The molecule has 4 nitrogen and oxygen atoms in total. The largest absolute Gasteiger partial charge is 0.483 e. The summed E-state index contributed by atoms with van der Waals surface area (Å²) >= 11 is 0. The van der Waals surface area contributed by atoms with Gasteiger partial charge >= 0.3 is 0 Å². The van der Waals surface area contributed by atoms with Crippen LogP contribution in [0, 0.1) is 6.92 Å². The van der Waals surface area contributed by atoms with E-state index in [4.69, 9.17) is 10.5 Å². The Kier molecular flexibility index (Phi) is 5.55. The molecule has 22 heavy (non-hydrogen) atoms. The Bertz CT molecular complexity index is 623. The third-order valence-electron chi connectivity index (χ3n) is 3.45. The quantitative estimate of drug-likeness (QED) is 0.859. The summed E-state index contributed by atoms with van der Waals surface area (Å²) in [5.74, 6) is 0.472. The van der Waals surface area contributed by atoms with Gasteiger partial charge in [0.25, 0.3) is 5.91 Å². The second-order valence-electron chi connectivity index (χ2n) is 5.26. The molecular weight excluding hydrogens is 276 g/mol. The van der Waals surface area contributed by atoms with E-state index in [-0.39, 0.29) is 18.6 Å². The normalized spacial score (nSPS) is 11.8. The molecule has 0 aliphatic heterocycles. The van der Waals surface area contributed by atoms with E-state index >= 15 is 0 Å². The lowest BCUT2D eigenvalue weighted by Gasteiger charge is -2.15. The average molecular weight is 298 g/mol. The zero-order chi connectivity index (χ0) is 15.9. The van der Waals surface area contributed by atoms with Crippen molar-refractivity contribution >= 4 is 11.6 Å². The molecule has 0 aliphatic carbocycles. The van der Waals surface area contributed by atoms with E-state index in [1.807, 2.05) is 62.4 Å². The van der Waals surface area contributed by atoms with Crippen molar-refractivity contribution < 1.29 is 9.53 Å². The van der Waals surface area contributed by atoms with E-state index in [0.717, 1.165) is 23.2 Å². The molecule has 0 saturated heterocycles. The van der Waals surface area contributed by atoms with Crippen molar-refractivity contribution in [2.24, 2.45) is 5.73 Å². The first-order chi connectivity index (χ1) is 10.6. The minimum Gasteiger partial charge on any atom is -0.483 e. The van der Waals surface area contributed by atoms with Crippen molar-refractivity contribution in [1.82, 2.24) is 0 Å². The minimum absolute atomic E-state index is 0.0404. The van der Waals surface area contributed by atoms with Crippen molar-refractivity contribution in [3.8, 4) is 5.75 Å². The van der Waals surface area contributed by atoms with E-state index in [0.29, 0.717) is 5.75 Å². The summed E-state index contributed by atoms with van der Waals surface area (Å²) in [7, 11) is 0. The van der Waals surface area contributed by atoms with Gasteiger partial charge in [-0.2, -0.15) is 0 Å². The van der Waals surface area contributed by atoms with Crippen LogP contribution in [0.2, 0.25) is 0 Å². The van der Waals surface area contributed by atoms with Crippen LogP contribution in [-0.2, 0) is 4.79 Å². The topological polar surface area (TPSA) is 64.3 Å². The van der Waals surface area contributed by atoms with Gasteiger partial charge in [-0.15, -0.1) is 0 Å². The van der Waals surface area contributed by atoms with Crippen LogP contribution in [-0.4, -0.2) is 12.5 Å². The number of benzene rings is 2. The van der Waals surface area contributed by atoms with Crippen LogP contribution < -0.4 is 15.8 Å². The van der Waals surface area contributed by atoms with Crippen molar-refractivity contribution in [2.75, 3.05) is 11.9 Å². The summed E-state index contributed by atoms with van der Waals surface area (Å²) < 4.78 is 5.63. The molecule has 2 aromatic rings. The molecule has 0 fully saturated rings. The van der Waals surface area contributed by atoms with Crippen LogP contribution >= 0.6 is 0 Å². The SMILES string of the molecule is CCC(N)c1ccccc1OCC(=O)Nc1ccc(C)cc1. The number of ether oxygens (including phenoxy) is 1. The summed E-state index contributed by atoms with van der Waals surface area (Å²) in [5, 5.41) is 2.81. The number of hydrogen-bond acceptors (Lipinski definition) is 3. The first-order valence-corrected chi connectivity index (χ1v) is 7.44. The molecule has 1 unspecified atom stereocenters. The van der Waals surface area contributed by atoms with Crippen LogP contribution in [0.15, 0.2) is 48.5 Å². The maximum absolute atomic E-state index is 12.0. The summed E-state index contributed by atoms with van der Waals surface area (Å²) in [6, 6.07) is 15.1. The fraction of sp³-hybridized carbons (Fsp3) is 0.278. The molecule has 2 rings (SSSR count). The molecule has 0 aliphatic rings. The van der Waals surface area contributed by atoms with Crippen molar-refractivity contribution in [1.29, 1.82) is 0 Å². The molecule has 0 aromatic heterocycles. The molecule has 0 heterocycles. The highest BCUT2D eigenvalue weighted by molar-refractivity contribution is 5.91. The number of amides is 1. The molecule has 2 aromatic carbocycles. The molecule has 116 valence electrons. The Hall–Kier alpha value is -2.33. The highest BCUT2D eigenvalue weighted by atomic mass is 16.5. The predicted octanol–water partition coefficient (Wildman–Crippen LogP) is 3.42. The van der Waals surface area contributed by atoms with Gasteiger partial charge in [-0.1, -0.05) is 42.8 Å². The molecule has 4 heteroatoms. The summed E-state index contributed by atoms with van der Waals surface area (Å²) in [4.78, 5) is 12.0. The van der Waals surface area contributed by atoms with Gasteiger partial charge in [0.15, 0.2) is 6.61 Å². The van der Waals surface area contributed by atoms with Crippen LogP contribution in [0.3, 0.4) is 0 Å². The molecule has 1 atom stereocenters. The maximum atomic E-state index is 12.0. The fourth-order valence-electron chi connectivity index (χ4n) is 2.12. The number of nitrogens with two attached hydrogens (primary N) is 1. The Balaban J connectivity index is 1.95. The second kappa shape index (κ2) is 7.61. The third-order valence-corrected chi connectivity index (χ3v) is 3.45. The number of carbonyl (C=O) groups excluding carboxylic acids is 1. The highest BCUT2D eigenvalue weighted by Gasteiger charge is 2.11. The number of carbonyl (C=O) groups is 1. The molecular formula is C18H22N2O2. The minimum atomic E-state index is -0.191. The lowest BCUT2D eigenvalue weighted by Crippen LogP contribution is -2.21. The van der Waals surface area contributed by atoms with Crippen LogP contribution in [0.5, 0.6) is 5.75 Å². The van der Waals surface area contributed by atoms with Crippen LogP contribution in [0.4, 0.5) is 5.69 Å². The number of nitrogens with one attached hydrogen (secondary N) is 1. The number of anilines is 1. The monoisotopic (exact) mass is 298 g/mol. The first kappa shape index (κ1) is 16.0. The molecule has 0 radical (unpaired) electrons. The zero-order valence-electron chi connectivity index (χ0n) is 13.0. The number of rotatable bonds is 6.